The Morgan fingerprint density at radius 3 is 2.05 bits per heavy atom. The van der Waals surface area contributed by atoms with Crippen LogP contribution in [0.2, 0.25) is 0 Å². The fourth-order valence-corrected chi connectivity index (χ4v) is 12.0. The highest BCUT2D eigenvalue weighted by Gasteiger charge is 2.54. The van der Waals surface area contributed by atoms with Crippen LogP contribution >= 0.6 is 0 Å². The molecule has 1 fully saturated rings. The third-order valence-corrected chi connectivity index (χ3v) is 14.8. The lowest BCUT2D eigenvalue weighted by Crippen LogP contribution is -2.01. The molecule has 7 aromatic rings. The Hall–Kier alpha value is -6.63. The second-order valence-electron chi connectivity index (χ2n) is 16.2. The molecule has 0 spiro atoms. The fraction of sp³-hybridized carbons (Fsp3) is 0.132. The Morgan fingerprint density at radius 1 is 0.593 bits per heavy atom. The van der Waals surface area contributed by atoms with E-state index in [-0.39, 0.29) is 0 Å². The van der Waals surface area contributed by atoms with Crippen molar-refractivity contribution < 1.29 is 8.42 Å². The molecule has 2 unspecified atom stereocenters. The van der Waals surface area contributed by atoms with Crippen molar-refractivity contribution in [2.45, 2.75) is 47.3 Å². The summed E-state index contributed by atoms with van der Waals surface area (Å²) in [6.45, 7) is 0. The van der Waals surface area contributed by atoms with E-state index in [4.69, 9.17) is 9.97 Å². The Labute approximate surface area is 344 Å². The predicted molar refractivity (Wildman–Crippen MR) is 238 cm³/mol. The van der Waals surface area contributed by atoms with E-state index in [0.29, 0.717) is 27.5 Å². The standard InChI is InChI=1S/C53H39N3O2S/c57-59(58)48-24-10-8-19-40(48)41-22-12-21-39(52(41)59)33-25-27-38(28-26-33)56-46-23-9-7-20-42(46)50-47(56)30-29-43-49(51(43)50)36-17-11-18-37(31-36)53-54-44(34-13-3-1-4-14-34)32-45(55-53)35-15-5-2-6-16-35/h3,5,7-32,43,49,51H,1-2,4,6H2/t43?,49?,51-/m0/s1. The van der Waals surface area contributed by atoms with Crippen molar-refractivity contribution in [2.24, 2.45) is 5.92 Å². The zero-order valence-electron chi connectivity index (χ0n) is 32.3. The topological polar surface area (TPSA) is 64.8 Å². The SMILES string of the molecule is O=S1(=O)c2ccccc2-c2cccc(-c3ccc(-n4c5c(c6ccccc64)[C@H]4C(C=C5)C4c4cccc(-c5nc(C6=CCCC=C6)cc(C6=CCCC=C6)n5)c4)cc3)c21. The number of hydrogen-bond donors (Lipinski definition) is 0. The summed E-state index contributed by atoms with van der Waals surface area (Å²) in [5.74, 6) is 1.87. The van der Waals surface area contributed by atoms with Gasteiger partial charge >= 0.3 is 0 Å². The summed E-state index contributed by atoms with van der Waals surface area (Å²) in [6.07, 6.45) is 22.4. The van der Waals surface area contributed by atoms with Crippen molar-refractivity contribution in [2.75, 3.05) is 0 Å². The fourth-order valence-electron chi connectivity index (χ4n) is 10.1. The van der Waals surface area contributed by atoms with Crippen LogP contribution in [0.3, 0.4) is 0 Å². The van der Waals surface area contributed by atoms with Gasteiger partial charge in [0.25, 0.3) is 0 Å². The second-order valence-corrected chi connectivity index (χ2v) is 18.1. The summed E-state index contributed by atoms with van der Waals surface area (Å²) in [6, 6.07) is 41.3. The van der Waals surface area contributed by atoms with E-state index in [1.54, 1.807) is 12.1 Å². The van der Waals surface area contributed by atoms with Gasteiger partial charge in [0.2, 0.25) is 9.84 Å². The van der Waals surface area contributed by atoms with Gasteiger partial charge in [0.1, 0.15) is 0 Å². The van der Waals surface area contributed by atoms with Gasteiger partial charge in [-0.2, -0.15) is 0 Å². The number of aromatic nitrogens is 3. The lowest BCUT2D eigenvalue weighted by atomic mass is 9.98. The van der Waals surface area contributed by atoms with Crippen molar-refractivity contribution in [1.82, 2.24) is 14.5 Å². The second kappa shape index (κ2) is 13.2. The molecule has 0 radical (unpaired) electrons. The maximum Gasteiger partial charge on any atom is 0.208 e. The first-order valence-electron chi connectivity index (χ1n) is 20.7. The predicted octanol–water partition coefficient (Wildman–Crippen LogP) is 12.6. The van der Waals surface area contributed by atoms with E-state index in [0.717, 1.165) is 87.5 Å². The molecule has 4 aliphatic carbocycles. The summed E-state index contributed by atoms with van der Waals surface area (Å²) < 4.78 is 30.0. The molecule has 2 aromatic heterocycles. The van der Waals surface area contributed by atoms with Crippen molar-refractivity contribution >= 4 is 38.0 Å². The molecule has 0 saturated heterocycles. The van der Waals surface area contributed by atoms with Crippen LogP contribution in [0.25, 0.3) is 67.5 Å². The van der Waals surface area contributed by atoms with Gasteiger partial charge in [-0.25, -0.2) is 18.4 Å². The van der Waals surface area contributed by atoms with Gasteiger partial charge in [-0.15, -0.1) is 0 Å². The van der Waals surface area contributed by atoms with E-state index in [1.165, 1.54) is 27.7 Å². The molecule has 12 rings (SSSR count). The Balaban J connectivity index is 0.903. The quantitative estimate of drug-likeness (QED) is 0.169. The first-order valence-corrected chi connectivity index (χ1v) is 22.1. The molecule has 3 heterocycles. The molecule has 284 valence electrons. The highest BCUT2D eigenvalue weighted by atomic mass is 32.2. The number of para-hydroxylation sites is 1. The third kappa shape index (κ3) is 5.39. The van der Waals surface area contributed by atoms with Crippen molar-refractivity contribution in [3.63, 3.8) is 0 Å². The van der Waals surface area contributed by atoms with Crippen LogP contribution in [0, 0.1) is 5.92 Å². The summed E-state index contributed by atoms with van der Waals surface area (Å²) >= 11 is 0. The zero-order chi connectivity index (χ0) is 39.2. The largest absolute Gasteiger partial charge is 0.310 e. The Morgan fingerprint density at radius 2 is 1.29 bits per heavy atom. The van der Waals surface area contributed by atoms with E-state index >= 15 is 0 Å². The van der Waals surface area contributed by atoms with Gasteiger partial charge in [0.05, 0.1) is 32.4 Å². The highest BCUT2D eigenvalue weighted by molar-refractivity contribution is 7.92. The highest BCUT2D eigenvalue weighted by Crippen LogP contribution is 2.65. The lowest BCUT2D eigenvalue weighted by molar-refractivity contribution is 0.599. The van der Waals surface area contributed by atoms with E-state index in [1.807, 2.05) is 30.3 Å². The first kappa shape index (κ1) is 34.4. The van der Waals surface area contributed by atoms with Crippen molar-refractivity contribution in [3.8, 4) is 39.3 Å². The van der Waals surface area contributed by atoms with Gasteiger partial charge in [0, 0.05) is 39.2 Å². The number of benzene rings is 5. The van der Waals surface area contributed by atoms with Gasteiger partial charge in [-0.05, 0) is 108 Å². The van der Waals surface area contributed by atoms with Gasteiger partial charge in [0.15, 0.2) is 5.82 Å². The number of fused-ring (bicyclic) bond motifs is 8. The van der Waals surface area contributed by atoms with Crippen LogP contribution in [-0.2, 0) is 9.84 Å². The Bertz CT molecular complexity index is 3150. The molecule has 0 bridgehead atoms. The molecule has 5 aliphatic rings. The zero-order valence-corrected chi connectivity index (χ0v) is 33.1. The number of allylic oxidation sites excluding steroid dienone is 9. The Kier molecular flexibility index (Phi) is 7.70. The van der Waals surface area contributed by atoms with Crippen LogP contribution in [0.5, 0.6) is 0 Å². The maximum atomic E-state index is 13.8. The molecule has 5 nitrogen and oxygen atoms in total. The van der Waals surface area contributed by atoms with Crippen molar-refractivity contribution in [1.29, 1.82) is 0 Å². The molecule has 0 amide bonds. The summed E-state index contributed by atoms with van der Waals surface area (Å²) in [7, 11) is -3.63. The summed E-state index contributed by atoms with van der Waals surface area (Å²) in [4.78, 5) is 11.1. The molecule has 59 heavy (non-hydrogen) atoms. The average Bonchev–Trinajstić information content (AvgIpc) is 3.87. The summed E-state index contributed by atoms with van der Waals surface area (Å²) in [5.41, 5.74) is 14.6. The van der Waals surface area contributed by atoms with Crippen LogP contribution in [0.1, 0.15) is 65.7 Å². The third-order valence-electron chi connectivity index (χ3n) is 12.9. The van der Waals surface area contributed by atoms with E-state index in [9.17, 15) is 8.42 Å². The number of sulfone groups is 1. The van der Waals surface area contributed by atoms with Gasteiger partial charge < -0.3 is 4.57 Å². The van der Waals surface area contributed by atoms with Gasteiger partial charge in [-0.1, -0.05) is 127 Å². The minimum absolute atomic E-state index is 0.343. The van der Waals surface area contributed by atoms with Crippen LogP contribution < -0.4 is 0 Å². The molecule has 1 aliphatic heterocycles. The lowest BCUT2D eigenvalue weighted by Gasteiger charge is -2.14. The smallest absolute Gasteiger partial charge is 0.208 e. The minimum Gasteiger partial charge on any atom is -0.310 e. The van der Waals surface area contributed by atoms with Crippen LogP contribution in [-0.4, -0.2) is 23.0 Å². The molecule has 5 aromatic carbocycles. The molecular weight excluding hydrogens is 743 g/mol. The van der Waals surface area contributed by atoms with E-state index < -0.39 is 9.84 Å². The summed E-state index contributed by atoms with van der Waals surface area (Å²) in [5, 5.41) is 1.28. The molecule has 0 N–H and O–H groups in total. The van der Waals surface area contributed by atoms with Gasteiger partial charge in [-0.3, -0.25) is 0 Å². The molecular formula is C53H39N3O2S. The molecule has 1 saturated carbocycles. The number of nitrogens with zero attached hydrogens (tertiary/aromatic N) is 3. The maximum absolute atomic E-state index is 13.8. The van der Waals surface area contributed by atoms with E-state index in [2.05, 4.69) is 132 Å². The monoisotopic (exact) mass is 781 g/mol. The average molecular weight is 782 g/mol. The number of hydrogen-bond acceptors (Lipinski definition) is 4. The first-order chi connectivity index (χ1) is 29.0. The number of rotatable bonds is 6. The minimum atomic E-state index is -3.63. The van der Waals surface area contributed by atoms with Crippen LogP contribution in [0.15, 0.2) is 174 Å². The van der Waals surface area contributed by atoms with Crippen LogP contribution in [0.4, 0.5) is 0 Å². The van der Waals surface area contributed by atoms with Crippen molar-refractivity contribution in [3.05, 3.63) is 192 Å². The normalized spacial score (nSPS) is 20.4. The molecule has 3 atom stereocenters. The molecule has 6 heteroatoms.